The normalized spacial score (nSPS) is 23.1. The van der Waals surface area contributed by atoms with Crippen LogP contribution in [0.15, 0.2) is 12.1 Å². The van der Waals surface area contributed by atoms with Crippen molar-refractivity contribution < 1.29 is 5.11 Å². The van der Waals surface area contributed by atoms with Gasteiger partial charge in [0, 0.05) is 18.8 Å². The molecule has 3 heterocycles. The molecular weight excluding hydrogens is 250 g/mol. The lowest BCUT2D eigenvalue weighted by atomic mass is 10.1. The maximum absolute atomic E-state index is 9.67. The smallest absolute Gasteiger partial charge is 0.129 e. The predicted octanol–water partition coefficient (Wildman–Crippen LogP) is 1.83. The van der Waals surface area contributed by atoms with Gasteiger partial charge < -0.3 is 15.3 Å². The average Bonchev–Trinajstić information content (AvgIpc) is 2.47. The lowest BCUT2D eigenvalue weighted by Crippen LogP contribution is -2.38. The van der Waals surface area contributed by atoms with Crippen LogP contribution >= 0.6 is 0 Å². The van der Waals surface area contributed by atoms with Crippen molar-refractivity contribution in [1.82, 2.24) is 9.88 Å². The molecule has 110 valence electrons. The maximum atomic E-state index is 9.67. The number of aryl methyl sites for hydroxylation is 2. The highest BCUT2D eigenvalue weighted by atomic mass is 16.3. The highest BCUT2D eigenvalue weighted by Gasteiger charge is 2.17. The molecule has 1 fully saturated rings. The van der Waals surface area contributed by atoms with Gasteiger partial charge >= 0.3 is 0 Å². The highest BCUT2D eigenvalue weighted by molar-refractivity contribution is 5.46. The van der Waals surface area contributed by atoms with Gasteiger partial charge in [-0.1, -0.05) is 6.07 Å². The fourth-order valence-corrected chi connectivity index (χ4v) is 3.23. The van der Waals surface area contributed by atoms with Crippen LogP contribution in [-0.4, -0.2) is 47.3 Å². The van der Waals surface area contributed by atoms with Gasteiger partial charge in [0.1, 0.15) is 5.82 Å². The van der Waals surface area contributed by atoms with Crippen molar-refractivity contribution in [2.45, 2.75) is 44.6 Å². The number of anilines is 1. The summed E-state index contributed by atoms with van der Waals surface area (Å²) < 4.78 is 0. The Hall–Kier alpha value is -1.13. The second kappa shape index (κ2) is 6.55. The van der Waals surface area contributed by atoms with E-state index in [-0.39, 0.29) is 6.10 Å². The maximum Gasteiger partial charge on any atom is 0.129 e. The van der Waals surface area contributed by atoms with Crippen molar-refractivity contribution in [2.24, 2.45) is 0 Å². The van der Waals surface area contributed by atoms with E-state index in [4.69, 9.17) is 4.98 Å². The van der Waals surface area contributed by atoms with Crippen LogP contribution in [0.25, 0.3) is 0 Å². The van der Waals surface area contributed by atoms with Gasteiger partial charge in [-0.3, -0.25) is 0 Å². The van der Waals surface area contributed by atoms with E-state index in [1.165, 1.54) is 17.7 Å². The topological polar surface area (TPSA) is 48.4 Å². The van der Waals surface area contributed by atoms with Crippen molar-refractivity contribution >= 4 is 5.82 Å². The van der Waals surface area contributed by atoms with Gasteiger partial charge in [0.2, 0.25) is 0 Å². The summed E-state index contributed by atoms with van der Waals surface area (Å²) in [6.07, 6.45) is 6.50. The molecule has 0 radical (unpaired) electrons. The van der Waals surface area contributed by atoms with E-state index in [0.29, 0.717) is 0 Å². The molecular formula is C16H25N3O. The first-order chi connectivity index (χ1) is 9.81. The van der Waals surface area contributed by atoms with E-state index >= 15 is 0 Å². The number of pyridine rings is 1. The van der Waals surface area contributed by atoms with E-state index in [0.717, 1.165) is 64.1 Å². The summed E-state index contributed by atoms with van der Waals surface area (Å²) in [6, 6.07) is 4.41. The number of rotatable bonds is 4. The second-order valence-corrected chi connectivity index (χ2v) is 6.04. The van der Waals surface area contributed by atoms with E-state index in [1.54, 1.807) is 0 Å². The summed E-state index contributed by atoms with van der Waals surface area (Å²) in [5.41, 5.74) is 2.55. The van der Waals surface area contributed by atoms with Crippen molar-refractivity contribution in [2.75, 3.05) is 31.5 Å². The van der Waals surface area contributed by atoms with Crippen LogP contribution in [0.1, 0.15) is 36.9 Å². The van der Waals surface area contributed by atoms with Gasteiger partial charge in [-0.05, 0) is 63.2 Å². The summed E-state index contributed by atoms with van der Waals surface area (Å²) in [4.78, 5) is 7.11. The zero-order valence-corrected chi connectivity index (χ0v) is 12.1. The summed E-state index contributed by atoms with van der Waals surface area (Å²) in [5, 5.41) is 13.1. The SMILES string of the molecule is OC1CCCN(CCCc2ccc3c(n2)NCCC3)C1. The van der Waals surface area contributed by atoms with Crippen LogP contribution in [0.5, 0.6) is 0 Å². The second-order valence-electron chi connectivity index (χ2n) is 6.04. The monoisotopic (exact) mass is 275 g/mol. The minimum Gasteiger partial charge on any atom is -0.392 e. The molecule has 0 bridgehead atoms. The van der Waals surface area contributed by atoms with E-state index in [9.17, 15) is 5.11 Å². The van der Waals surface area contributed by atoms with Gasteiger partial charge in [0.25, 0.3) is 0 Å². The minimum absolute atomic E-state index is 0.116. The summed E-state index contributed by atoms with van der Waals surface area (Å²) in [5.74, 6) is 1.10. The minimum atomic E-state index is -0.116. The number of β-amino-alcohol motifs (C(OH)–C–C–N with tert-alkyl or cyclic N) is 1. The highest BCUT2D eigenvalue weighted by Crippen LogP contribution is 2.20. The molecule has 0 amide bonds. The number of hydrogen-bond donors (Lipinski definition) is 2. The summed E-state index contributed by atoms with van der Waals surface area (Å²) >= 11 is 0. The summed E-state index contributed by atoms with van der Waals surface area (Å²) in [7, 11) is 0. The molecule has 3 rings (SSSR count). The third-order valence-corrected chi connectivity index (χ3v) is 4.34. The Morgan fingerprint density at radius 2 is 2.30 bits per heavy atom. The number of nitrogens with zero attached hydrogens (tertiary/aromatic N) is 2. The van der Waals surface area contributed by atoms with Gasteiger partial charge in [-0.25, -0.2) is 4.98 Å². The van der Waals surface area contributed by atoms with E-state index < -0.39 is 0 Å². The van der Waals surface area contributed by atoms with Crippen molar-refractivity contribution in [3.05, 3.63) is 23.4 Å². The first-order valence-corrected chi connectivity index (χ1v) is 7.94. The van der Waals surface area contributed by atoms with Gasteiger partial charge in [0.15, 0.2) is 0 Å². The molecule has 0 aliphatic carbocycles. The van der Waals surface area contributed by atoms with Crippen LogP contribution in [0.2, 0.25) is 0 Å². The van der Waals surface area contributed by atoms with Crippen molar-refractivity contribution in [3.63, 3.8) is 0 Å². The molecule has 4 heteroatoms. The van der Waals surface area contributed by atoms with Crippen molar-refractivity contribution in [3.8, 4) is 0 Å². The van der Waals surface area contributed by atoms with Gasteiger partial charge in [-0.15, -0.1) is 0 Å². The molecule has 1 unspecified atom stereocenters. The zero-order valence-electron chi connectivity index (χ0n) is 12.1. The number of piperidine rings is 1. The third kappa shape index (κ3) is 3.49. The predicted molar refractivity (Wildman–Crippen MR) is 81.0 cm³/mol. The number of hydrogen-bond acceptors (Lipinski definition) is 4. The third-order valence-electron chi connectivity index (χ3n) is 4.34. The number of aliphatic hydroxyl groups excluding tert-OH is 1. The Balaban J connectivity index is 1.48. The van der Waals surface area contributed by atoms with Crippen LogP contribution in [0.4, 0.5) is 5.82 Å². The average molecular weight is 275 g/mol. The largest absolute Gasteiger partial charge is 0.392 e. The molecule has 0 aromatic carbocycles. The molecule has 1 aromatic rings. The summed E-state index contributed by atoms with van der Waals surface area (Å²) in [6.45, 7) is 4.10. The number of aromatic nitrogens is 1. The first-order valence-electron chi connectivity index (χ1n) is 7.94. The molecule has 1 saturated heterocycles. The number of aliphatic hydroxyl groups is 1. The van der Waals surface area contributed by atoms with Crippen LogP contribution in [-0.2, 0) is 12.8 Å². The molecule has 2 N–H and O–H groups in total. The van der Waals surface area contributed by atoms with Crippen molar-refractivity contribution in [1.29, 1.82) is 0 Å². The molecule has 2 aliphatic heterocycles. The Morgan fingerprint density at radius 1 is 1.35 bits per heavy atom. The van der Waals surface area contributed by atoms with Crippen LogP contribution in [0, 0.1) is 0 Å². The Kier molecular flexibility index (Phi) is 4.53. The molecule has 1 atom stereocenters. The quantitative estimate of drug-likeness (QED) is 0.880. The molecule has 4 nitrogen and oxygen atoms in total. The fraction of sp³-hybridized carbons (Fsp3) is 0.688. The number of likely N-dealkylation sites (tertiary alicyclic amines) is 1. The number of nitrogens with one attached hydrogen (secondary N) is 1. The lowest BCUT2D eigenvalue weighted by Gasteiger charge is -2.29. The van der Waals surface area contributed by atoms with Gasteiger partial charge in [-0.2, -0.15) is 0 Å². The van der Waals surface area contributed by atoms with Crippen LogP contribution < -0.4 is 5.32 Å². The standard InChI is InChI=1S/C16H25N3O/c20-15-6-3-11-19(12-15)10-2-5-14-8-7-13-4-1-9-17-16(13)18-14/h7-8,15,20H,1-6,9-12H2,(H,17,18). The first kappa shape index (κ1) is 13.8. The van der Waals surface area contributed by atoms with E-state index in [1.807, 2.05) is 0 Å². The lowest BCUT2D eigenvalue weighted by molar-refractivity contribution is 0.0702. The zero-order chi connectivity index (χ0) is 13.8. The molecule has 0 saturated carbocycles. The Morgan fingerprint density at radius 3 is 3.20 bits per heavy atom. The van der Waals surface area contributed by atoms with Crippen LogP contribution in [0.3, 0.4) is 0 Å². The fourth-order valence-electron chi connectivity index (χ4n) is 3.23. The Labute approximate surface area is 121 Å². The number of fused-ring (bicyclic) bond motifs is 1. The molecule has 1 aromatic heterocycles. The Bertz CT molecular complexity index is 449. The molecule has 0 spiro atoms. The molecule has 20 heavy (non-hydrogen) atoms. The van der Waals surface area contributed by atoms with E-state index in [2.05, 4.69) is 22.3 Å². The molecule has 2 aliphatic rings. The van der Waals surface area contributed by atoms with Gasteiger partial charge in [0.05, 0.1) is 6.10 Å².